The second-order valence-electron chi connectivity index (χ2n) is 6.69. The van der Waals surface area contributed by atoms with E-state index in [0.29, 0.717) is 35.6 Å². The number of benzene rings is 2. The topological polar surface area (TPSA) is 78.8 Å². The lowest BCUT2D eigenvalue weighted by Gasteiger charge is -2.25. The van der Waals surface area contributed by atoms with E-state index in [2.05, 4.69) is 9.71 Å². The van der Waals surface area contributed by atoms with Crippen LogP contribution in [0, 0.1) is 12.7 Å². The molecule has 140 valence electrons. The van der Waals surface area contributed by atoms with Crippen LogP contribution in [-0.4, -0.2) is 37.6 Å². The van der Waals surface area contributed by atoms with Crippen molar-refractivity contribution in [1.82, 2.24) is 4.90 Å². The first-order chi connectivity index (χ1) is 12.9. The molecule has 2 aromatic carbocycles. The number of amides is 1. The van der Waals surface area contributed by atoms with Crippen LogP contribution in [0.25, 0.3) is 0 Å². The minimum Gasteiger partial charge on any atom is -0.343 e. The zero-order chi connectivity index (χ0) is 19.2. The zero-order valence-corrected chi connectivity index (χ0v) is 15.5. The minimum absolute atomic E-state index is 0.159. The van der Waals surface area contributed by atoms with Crippen molar-refractivity contribution in [2.24, 2.45) is 4.40 Å². The molecule has 2 aromatic rings. The Balaban J connectivity index is 1.61. The molecule has 1 amide bonds. The van der Waals surface area contributed by atoms with Crippen molar-refractivity contribution in [3.63, 3.8) is 0 Å². The highest BCUT2D eigenvalue weighted by atomic mass is 32.2. The van der Waals surface area contributed by atoms with Crippen molar-refractivity contribution in [2.75, 3.05) is 11.9 Å². The molecule has 1 fully saturated rings. The average Bonchev–Trinajstić information content (AvgIpc) is 3.21. The molecule has 0 aromatic heterocycles. The highest BCUT2D eigenvalue weighted by Crippen LogP contribution is 2.31. The molecule has 0 saturated carbocycles. The quantitative estimate of drug-likeness (QED) is 0.859. The summed E-state index contributed by atoms with van der Waals surface area (Å²) in [5.41, 5.74) is 1.38. The molecule has 0 spiro atoms. The summed E-state index contributed by atoms with van der Waals surface area (Å²) in [5.74, 6) is -0.394. The number of anilines is 1. The first-order valence-corrected chi connectivity index (χ1v) is 10.1. The maximum absolute atomic E-state index is 13.7. The van der Waals surface area contributed by atoms with Gasteiger partial charge in [-0.15, -0.1) is 4.40 Å². The predicted octanol–water partition coefficient (Wildman–Crippen LogP) is 2.69. The molecule has 1 unspecified atom stereocenters. The molecule has 0 aliphatic carbocycles. The lowest BCUT2D eigenvalue weighted by atomic mass is 10.1. The summed E-state index contributed by atoms with van der Waals surface area (Å²) in [4.78, 5) is 14.7. The Kier molecular flexibility index (Phi) is 4.22. The normalized spacial score (nSPS) is 20.3. The van der Waals surface area contributed by atoms with E-state index in [1.54, 1.807) is 42.2 Å². The van der Waals surface area contributed by atoms with Crippen LogP contribution in [0.5, 0.6) is 0 Å². The summed E-state index contributed by atoms with van der Waals surface area (Å²) in [6.45, 7) is 2.18. The molecule has 1 saturated heterocycles. The van der Waals surface area contributed by atoms with Crippen LogP contribution < -0.4 is 5.32 Å². The Morgan fingerprint density at radius 3 is 2.81 bits per heavy atom. The monoisotopic (exact) mass is 387 g/mol. The van der Waals surface area contributed by atoms with Gasteiger partial charge in [0.15, 0.2) is 5.84 Å². The third kappa shape index (κ3) is 3.10. The number of nitrogens with one attached hydrogen (secondary N) is 1. The van der Waals surface area contributed by atoms with Gasteiger partial charge in [0.25, 0.3) is 10.0 Å². The van der Waals surface area contributed by atoms with Crippen molar-refractivity contribution in [3.8, 4) is 0 Å². The Hall–Kier alpha value is -2.74. The zero-order valence-electron chi connectivity index (χ0n) is 14.6. The predicted molar refractivity (Wildman–Crippen MR) is 99.7 cm³/mol. The van der Waals surface area contributed by atoms with Gasteiger partial charge in [0.2, 0.25) is 5.91 Å². The Morgan fingerprint density at radius 1 is 1.26 bits per heavy atom. The van der Waals surface area contributed by atoms with Crippen LogP contribution in [0.3, 0.4) is 0 Å². The molecule has 1 N–H and O–H groups in total. The number of hydrogen-bond donors (Lipinski definition) is 1. The minimum atomic E-state index is -3.75. The SMILES string of the molecule is Cc1ccc(NC(=O)C2CCCN2C2=NS(=O)(=O)c3ccccc32)cc1F. The van der Waals surface area contributed by atoms with E-state index < -0.39 is 21.9 Å². The summed E-state index contributed by atoms with van der Waals surface area (Å²) < 4.78 is 42.2. The molecule has 2 heterocycles. The summed E-state index contributed by atoms with van der Waals surface area (Å²) in [5, 5.41) is 2.73. The van der Waals surface area contributed by atoms with E-state index in [0.717, 1.165) is 6.42 Å². The number of carbonyl (C=O) groups excluding carboxylic acids is 1. The van der Waals surface area contributed by atoms with E-state index in [1.165, 1.54) is 12.1 Å². The first kappa shape index (κ1) is 17.7. The molecular weight excluding hydrogens is 369 g/mol. The van der Waals surface area contributed by atoms with Crippen molar-refractivity contribution >= 4 is 27.5 Å². The van der Waals surface area contributed by atoms with E-state index >= 15 is 0 Å². The highest BCUT2D eigenvalue weighted by molar-refractivity contribution is 7.90. The highest BCUT2D eigenvalue weighted by Gasteiger charge is 2.39. The summed E-state index contributed by atoms with van der Waals surface area (Å²) >= 11 is 0. The number of fused-ring (bicyclic) bond motifs is 1. The van der Waals surface area contributed by atoms with Crippen LogP contribution in [0.15, 0.2) is 51.8 Å². The standard InChI is InChI=1S/C19H18FN3O3S/c1-12-8-9-13(11-15(12)20)21-19(24)16-6-4-10-23(16)18-14-5-2-3-7-17(14)27(25,26)22-18/h2-3,5,7-9,11,16H,4,6,10H2,1H3,(H,21,24). The third-order valence-corrected chi connectivity index (χ3v) is 6.20. The summed E-state index contributed by atoms with van der Waals surface area (Å²) in [6.07, 6.45) is 1.31. The van der Waals surface area contributed by atoms with Crippen LogP contribution in [0.1, 0.15) is 24.0 Å². The van der Waals surface area contributed by atoms with Crippen LogP contribution in [0.4, 0.5) is 10.1 Å². The molecule has 4 rings (SSSR count). The van der Waals surface area contributed by atoms with Gasteiger partial charge in [-0.1, -0.05) is 18.2 Å². The van der Waals surface area contributed by atoms with Gasteiger partial charge in [-0.3, -0.25) is 4.79 Å². The number of sulfonamides is 1. The number of rotatable bonds is 2. The smallest absolute Gasteiger partial charge is 0.285 e. The number of carbonyl (C=O) groups is 1. The van der Waals surface area contributed by atoms with E-state index in [1.807, 2.05) is 0 Å². The van der Waals surface area contributed by atoms with Crippen LogP contribution in [-0.2, 0) is 14.8 Å². The summed E-state index contributed by atoms with van der Waals surface area (Å²) in [6, 6.07) is 10.6. The molecule has 27 heavy (non-hydrogen) atoms. The molecule has 0 bridgehead atoms. The summed E-state index contributed by atoms with van der Waals surface area (Å²) in [7, 11) is -3.75. The number of aryl methyl sites for hydroxylation is 1. The number of amidine groups is 1. The number of hydrogen-bond acceptors (Lipinski definition) is 4. The Morgan fingerprint density at radius 2 is 2.04 bits per heavy atom. The van der Waals surface area contributed by atoms with Crippen LogP contribution in [0.2, 0.25) is 0 Å². The van der Waals surface area contributed by atoms with Gasteiger partial charge in [-0.25, -0.2) is 4.39 Å². The second kappa shape index (κ2) is 6.45. The largest absolute Gasteiger partial charge is 0.343 e. The van der Waals surface area contributed by atoms with Gasteiger partial charge in [0, 0.05) is 17.8 Å². The van der Waals surface area contributed by atoms with E-state index in [-0.39, 0.29) is 10.8 Å². The first-order valence-electron chi connectivity index (χ1n) is 8.65. The van der Waals surface area contributed by atoms with Crippen molar-refractivity contribution in [3.05, 3.63) is 59.4 Å². The van der Waals surface area contributed by atoms with Crippen LogP contribution >= 0.6 is 0 Å². The van der Waals surface area contributed by atoms with E-state index in [9.17, 15) is 17.6 Å². The Labute approximate surface area is 156 Å². The third-order valence-electron chi connectivity index (χ3n) is 4.88. The molecule has 0 radical (unpaired) electrons. The molecule has 2 aliphatic rings. The maximum atomic E-state index is 13.7. The molecule has 6 nitrogen and oxygen atoms in total. The van der Waals surface area contributed by atoms with E-state index in [4.69, 9.17) is 0 Å². The molecule has 8 heteroatoms. The molecule has 2 aliphatic heterocycles. The van der Waals surface area contributed by atoms with Crippen molar-refractivity contribution < 1.29 is 17.6 Å². The van der Waals surface area contributed by atoms with Gasteiger partial charge >= 0.3 is 0 Å². The van der Waals surface area contributed by atoms with Gasteiger partial charge in [-0.2, -0.15) is 8.42 Å². The Bertz CT molecular complexity index is 1070. The number of halogens is 1. The fraction of sp³-hybridized carbons (Fsp3) is 0.263. The fourth-order valence-corrected chi connectivity index (χ4v) is 4.70. The van der Waals surface area contributed by atoms with Gasteiger partial charge < -0.3 is 10.2 Å². The van der Waals surface area contributed by atoms with Crippen molar-refractivity contribution in [2.45, 2.75) is 30.7 Å². The van der Waals surface area contributed by atoms with Gasteiger partial charge in [0.05, 0.1) is 0 Å². The molecular formula is C19H18FN3O3S. The molecule has 1 atom stereocenters. The number of nitrogens with zero attached hydrogens (tertiary/aromatic N) is 2. The van der Waals surface area contributed by atoms with Gasteiger partial charge in [0.1, 0.15) is 16.8 Å². The second-order valence-corrected chi connectivity index (χ2v) is 8.26. The number of likely N-dealkylation sites (tertiary alicyclic amines) is 1. The lowest BCUT2D eigenvalue weighted by molar-refractivity contribution is -0.119. The lowest BCUT2D eigenvalue weighted by Crippen LogP contribution is -2.43. The maximum Gasteiger partial charge on any atom is 0.285 e. The van der Waals surface area contributed by atoms with Crippen molar-refractivity contribution in [1.29, 1.82) is 0 Å². The fourth-order valence-electron chi connectivity index (χ4n) is 3.48. The average molecular weight is 387 g/mol. The van der Waals surface area contributed by atoms with Gasteiger partial charge in [-0.05, 0) is 49.6 Å².